The number of non-ortho nitro benzene ring substituents is 1. The maximum absolute atomic E-state index is 12.3. The Morgan fingerprint density at radius 2 is 2.07 bits per heavy atom. The lowest BCUT2D eigenvalue weighted by Gasteiger charge is -2.09. The Morgan fingerprint density at radius 3 is 2.73 bits per heavy atom. The molecule has 154 valence electrons. The van der Waals surface area contributed by atoms with Gasteiger partial charge in [0, 0.05) is 29.9 Å². The van der Waals surface area contributed by atoms with Gasteiger partial charge in [-0.05, 0) is 30.3 Å². The van der Waals surface area contributed by atoms with Crippen LogP contribution in [-0.4, -0.2) is 38.5 Å². The van der Waals surface area contributed by atoms with E-state index >= 15 is 0 Å². The normalized spacial score (nSPS) is 10.4. The van der Waals surface area contributed by atoms with Crippen LogP contribution in [0.2, 0.25) is 0 Å². The van der Waals surface area contributed by atoms with E-state index in [-0.39, 0.29) is 17.3 Å². The van der Waals surface area contributed by atoms with E-state index in [1.807, 2.05) is 28.8 Å². The highest BCUT2D eigenvalue weighted by molar-refractivity contribution is 7.99. The van der Waals surface area contributed by atoms with Crippen molar-refractivity contribution in [2.75, 3.05) is 18.2 Å². The fourth-order valence-corrected chi connectivity index (χ4v) is 3.41. The van der Waals surface area contributed by atoms with E-state index in [0.717, 1.165) is 11.3 Å². The summed E-state index contributed by atoms with van der Waals surface area (Å²) in [6.07, 6.45) is 1.73. The quantitative estimate of drug-likeness (QED) is 0.240. The number of nitro groups is 1. The number of anilines is 1. The van der Waals surface area contributed by atoms with Crippen LogP contribution in [0.3, 0.4) is 0 Å². The molecule has 9 nitrogen and oxygen atoms in total. The van der Waals surface area contributed by atoms with Gasteiger partial charge >= 0.3 is 0 Å². The zero-order valence-corrected chi connectivity index (χ0v) is 17.0. The summed E-state index contributed by atoms with van der Waals surface area (Å²) >= 11 is 1.22. The first kappa shape index (κ1) is 21.1. The molecule has 3 aromatic rings. The molecule has 10 heteroatoms. The number of hydrogen-bond acceptors (Lipinski definition) is 7. The van der Waals surface area contributed by atoms with Crippen LogP contribution in [0.25, 0.3) is 11.4 Å². The van der Waals surface area contributed by atoms with Gasteiger partial charge < -0.3 is 10.1 Å². The molecule has 0 aliphatic heterocycles. The molecule has 3 rings (SSSR count). The Labute approximate surface area is 176 Å². The molecule has 30 heavy (non-hydrogen) atoms. The van der Waals surface area contributed by atoms with Crippen LogP contribution in [0, 0.1) is 10.1 Å². The molecular weight excluding hydrogens is 406 g/mol. The number of methoxy groups -OCH3 is 1. The van der Waals surface area contributed by atoms with Crippen LogP contribution in [0.1, 0.15) is 0 Å². The summed E-state index contributed by atoms with van der Waals surface area (Å²) in [6, 6.07) is 13.2. The minimum Gasteiger partial charge on any atom is -0.497 e. The van der Waals surface area contributed by atoms with E-state index in [1.165, 1.54) is 30.0 Å². The van der Waals surface area contributed by atoms with Crippen molar-refractivity contribution < 1.29 is 14.5 Å². The van der Waals surface area contributed by atoms with Crippen LogP contribution in [0.4, 0.5) is 11.4 Å². The van der Waals surface area contributed by atoms with Crippen molar-refractivity contribution in [1.29, 1.82) is 0 Å². The van der Waals surface area contributed by atoms with E-state index in [1.54, 1.807) is 19.3 Å². The van der Waals surface area contributed by atoms with Crippen molar-refractivity contribution in [3.8, 4) is 17.1 Å². The predicted molar refractivity (Wildman–Crippen MR) is 115 cm³/mol. The number of nitro benzene ring substituents is 1. The van der Waals surface area contributed by atoms with Crippen molar-refractivity contribution in [1.82, 2.24) is 14.8 Å². The molecule has 0 bridgehead atoms. The standard InChI is InChI=1S/C20H19N5O4S/c1-3-11-24-19(14-7-9-17(29-2)10-8-14)22-23-20(24)30-13-18(26)21-15-5-4-6-16(12-15)25(27)28/h3-10,12H,1,11,13H2,2H3,(H,21,26). The maximum atomic E-state index is 12.3. The molecule has 0 aliphatic carbocycles. The zero-order chi connectivity index (χ0) is 21.5. The molecule has 0 saturated heterocycles. The molecule has 0 radical (unpaired) electrons. The minimum atomic E-state index is -0.511. The average Bonchev–Trinajstić information content (AvgIpc) is 3.15. The Kier molecular flexibility index (Phi) is 6.81. The third-order valence-electron chi connectivity index (χ3n) is 4.05. The van der Waals surface area contributed by atoms with Crippen LogP contribution in [-0.2, 0) is 11.3 Å². The average molecular weight is 425 g/mol. The molecule has 1 aromatic heterocycles. The maximum Gasteiger partial charge on any atom is 0.271 e. The van der Waals surface area contributed by atoms with Crippen LogP contribution < -0.4 is 10.1 Å². The molecular formula is C20H19N5O4S. The van der Waals surface area contributed by atoms with Gasteiger partial charge in [0.1, 0.15) is 5.75 Å². The van der Waals surface area contributed by atoms with E-state index in [4.69, 9.17) is 4.74 Å². The molecule has 2 aromatic carbocycles. The van der Waals surface area contributed by atoms with E-state index in [9.17, 15) is 14.9 Å². The highest BCUT2D eigenvalue weighted by Gasteiger charge is 2.15. The minimum absolute atomic E-state index is 0.0700. The summed E-state index contributed by atoms with van der Waals surface area (Å²) in [4.78, 5) is 22.6. The van der Waals surface area contributed by atoms with E-state index in [2.05, 4.69) is 22.1 Å². The van der Waals surface area contributed by atoms with Gasteiger partial charge in [0.2, 0.25) is 5.91 Å². The summed E-state index contributed by atoms with van der Waals surface area (Å²) < 4.78 is 7.04. The SMILES string of the molecule is C=CCn1c(SCC(=O)Nc2cccc([N+](=O)[O-])c2)nnc1-c1ccc(OC)cc1. The van der Waals surface area contributed by atoms with E-state index in [0.29, 0.717) is 23.2 Å². The Bertz CT molecular complexity index is 1070. The van der Waals surface area contributed by atoms with Gasteiger partial charge in [-0.25, -0.2) is 0 Å². The topological polar surface area (TPSA) is 112 Å². The molecule has 0 unspecified atom stereocenters. The monoisotopic (exact) mass is 425 g/mol. The third-order valence-corrected chi connectivity index (χ3v) is 5.02. The second kappa shape index (κ2) is 9.70. The molecule has 1 N–H and O–H groups in total. The molecule has 1 heterocycles. The number of nitrogens with one attached hydrogen (secondary N) is 1. The summed E-state index contributed by atoms with van der Waals surface area (Å²) in [5, 5.41) is 22.5. The van der Waals surface area contributed by atoms with Crippen LogP contribution in [0.15, 0.2) is 66.3 Å². The van der Waals surface area contributed by atoms with Gasteiger partial charge in [0.05, 0.1) is 17.8 Å². The number of ether oxygens (including phenoxy) is 1. The van der Waals surface area contributed by atoms with Gasteiger partial charge in [-0.1, -0.05) is 23.9 Å². The number of thioether (sulfide) groups is 1. The van der Waals surface area contributed by atoms with Gasteiger partial charge in [0.15, 0.2) is 11.0 Å². The Balaban J connectivity index is 1.71. The summed E-state index contributed by atoms with van der Waals surface area (Å²) in [5.74, 6) is 1.15. The number of carbonyl (C=O) groups excluding carboxylic acids is 1. The number of nitrogens with zero attached hydrogens (tertiary/aromatic N) is 4. The smallest absolute Gasteiger partial charge is 0.271 e. The first-order chi connectivity index (χ1) is 14.5. The first-order valence-electron chi connectivity index (χ1n) is 8.87. The van der Waals surface area contributed by atoms with Crippen LogP contribution in [0.5, 0.6) is 5.75 Å². The van der Waals surface area contributed by atoms with Gasteiger partial charge in [-0.2, -0.15) is 0 Å². The number of benzene rings is 2. The summed E-state index contributed by atoms with van der Waals surface area (Å²) in [7, 11) is 1.60. The lowest BCUT2D eigenvalue weighted by Crippen LogP contribution is -2.14. The third kappa shape index (κ3) is 5.03. The number of hydrogen-bond donors (Lipinski definition) is 1. The van der Waals surface area contributed by atoms with Gasteiger partial charge in [-0.15, -0.1) is 16.8 Å². The molecule has 0 aliphatic rings. The fourth-order valence-electron chi connectivity index (χ4n) is 2.67. The van der Waals surface area contributed by atoms with Crippen molar-refractivity contribution >= 4 is 29.0 Å². The second-order valence-corrected chi connectivity index (χ2v) is 7.02. The lowest BCUT2D eigenvalue weighted by atomic mass is 10.2. The largest absolute Gasteiger partial charge is 0.497 e. The highest BCUT2D eigenvalue weighted by atomic mass is 32.2. The second-order valence-electron chi connectivity index (χ2n) is 6.08. The van der Waals surface area contributed by atoms with Crippen molar-refractivity contribution in [2.24, 2.45) is 0 Å². The highest BCUT2D eigenvalue weighted by Crippen LogP contribution is 2.26. The molecule has 0 atom stereocenters. The molecule has 0 saturated carbocycles. The van der Waals surface area contributed by atoms with Gasteiger partial charge in [0.25, 0.3) is 5.69 Å². The number of aromatic nitrogens is 3. The Morgan fingerprint density at radius 1 is 1.30 bits per heavy atom. The summed E-state index contributed by atoms with van der Waals surface area (Å²) in [5.41, 5.74) is 1.13. The summed E-state index contributed by atoms with van der Waals surface area (Å²) in [6.45, 7) is 4.25. The van der Waals surface area contributed by atoms with Crippen molar-refractivity contribution in [3.63, 3.8) is 0 Å². The zero-order valence-electron chi connectivity index (χ0n) is 16.1. The van der Waals surface area contributed by atoms with Crippen LogP contribution >= 0.6 is 11.8 Å². The van der Waals surface area contributed by atoms with Gasteiger partial charge in [-0.3, -0.25) is 19.5 Å². The number of carbonyl (C=O) groups is 1. The number of rotatable bonds is 9. The molecule has 1 amide bonds. The molecule has 0 spiro atoms. The van der Waals surface area contributed by atoms with Crippen molar-refractivity contribution in [2.45, 2.75) is 11.7 Å². The van der Waals surface area contributed by atoms with E-state index < -0.39 is 4.92 Å². The first-order valence-corrected chi connectivity index (χ1v) is 9.86. The van der Waals surface area contributed by atoms with Crippen molar-refractivity contribution in [3.05, 3.63) is 71.3 Å². The fraction of sp³-hybridized carbons (Fsp3) is 0.150. The lowest BCUT2D eigenvalue weighted by molar-refractivity contribution is -0.384. The number of allylic oxidation sites excluding steroid dienone is 1. The molecule has 0 fully saturated rings. The predicted octanol–water partition coefficient (Wildman–Crippen LogP) is 3.78. The Hall–Kier alpha value is -3.66. The number of amides is 1.